The van der Waals surface area contributed by atoms with Gasteiger partial charge in [-0.1, -0.05) is 24.3 Å². The minimum absolute atomic E-state index is 0. The average molecular weight is 518 g/mol. The summed E-state index contributed by atoms with van der Waals surface area (Å²) in [6.07, 6.45) is 3.12. The van der Waals surface area contributed by atoms with Gasteiger partial charge in [-0.25, -0.2) is 16.8 Å². The van der Waals surface area contributed by atoms with Crippen molar-refractivity contribution in [2.45, 2.75) is 9.79 Å². The molecule has 0 aromatic heterocycles. The molecule has 2 N–H and O–H groups in total. The Morgan fingerprint density at radius 1 is 0.559 bits per heavy atom. The molecule has 0 atom stereocenters. The van der Waals surface area contributed by atoms with E-state index in [0.29, 0.717) is 11.4 Å². The minimum atomic E-state index is -4.48. The number of rotatable bonds is 8. The van der Waals surface area contributed by atoms with Gasteiger partial charge in [-0.3, -0.25) is 10.9 Å². The number of hydrogen-bond acceptors (Lipinski definition) is 10. The van der Waals surface area contributed by atoms with Crippen molar-refractivity contribution in [1.82, 2.24) is 0 Å². The van der Waals surface area contributed by atoms with Gasteiger partial charge in [0.25, 0.3) is 0 Å². The molecule has 0 saturated carbocycles. The SMILES string of the molecule is O=S(=O)([O-])c1ccc(N/N=C/c2ccc(/C=N/Nc3ccc(S(=O)(=O)[O-])cc3)cc2)cc1.[Na+].[Na+]. The largest absolute Gasteiger partial charge is 1.00 e. The van der Waals surface area contributed by atoms with Gasteiger partial charge in [-0.15, -0.1) is 0 Å². The number of nitrogens with zero attached hydrogens (tertiary/aromatic N) is 2. The van der Waals surface area contributed by atoms with Crippen LogP contribution in [0.3, 0.4) is 0 Å². The van der Waals surface area contributed by atoms with Crippen molar-refractivity contribution in [2.75, 3.05) is 10.9 Å². The zero-order valence-corrected chi connectivity index (χ0v) is 23.9. The van der Waals surface area contributed by atoms with Crippen molar-refractivity contribution in [3.8, 4) is 0 Å². The number of anilines is 2. The molecule has 0 amide bonds. The Balaban J connectivity index is 0.00000289. The average Bonchev–Trinajstić information content (AvgIpc) is 2.74. The second-order valence-electron chi connectivity index (χ2n) is 6.36. The smallest absolute Gasteiger partial charge is 0.744 e. The van der Waals surface area contributed by atoms with Gasteiger partial charge in [0, 0.05) is 0 Å². The summed E-state index contributed by atoms with van der Waals surface area (Å²) in [7, 11) is -8.96. The summed E-state index contributed by atoms with van der Waals surface area (Å²) in [4.78, 5) is -0.627. The molecule has 0 aliphatic rings. The zero-order chi connectivity index (χ0) is 23.2. The molecule has 0 heterocycles. The third-order valence-electron chi connectivity index (χ3n) is 4.04. The number of nitrogens with one attached hydrogen (secondary N) is 2. The fourth-order valence-corrected chi connectivity index (χ4v) is 3.36. The van der Waals surface area contributed by atoms with Crippen LogP contribution >= 0.6 is 0 Å². The van der Waals surface area contributed by atoms with Crippen molar-refractivity contribution in [2.24, 2.45) is 10.2 Å². The molecule has 0 unspecified atom stereocenters. The summed E-state index contributed by atoms with van der Waals surface area (Å²) in [6, 6.07) is 17.7. The molecule has 10 nitrogen and oxygen atoms in total. The molecular formula is C20H16N4Na2O6S2. The van der Waals surface area contributed by atoms with Crippen molar-refractivity contribution >= 4 is 44.0 Å². The van der Waals surface area contributed by atoms with Crippen molar-refractivity contribution in [3.63, 3.8) is 0 Å². The molecule has 0 aliphatic carbocycles. The predicted molar refractivity (Wildman–Crippen MR) is 118 cm³/mol. The third kappa shape index (κ3) is 9.58. The summed E-state index contributed by atoms with van der Waals surface area (Å²) in [6.45, 7) is 0. The molecule has 0 aliphatic heterocycles. The fourth-order valence-electron chi connectivity index (χ4n) is 2.42. The van der Waals surface area contributed by atoms with Crippen LogP contribution in [0.5, 0.6) is 0 Å². The zero-order valence-electron chi connectivity index (χ0n) is 18.2. The van der Waals surface area contributed by atoms with Crippen LogP contribution in [0, 0.1) is 0 Å². The van der Waals surface area contributed by atoms with Gasteiger partial charge in [-0.2, -0.15) is 10.2 Å². The van der Waals surface area contributed by atoms with Gasteiger partial charge in [-0.05, 0) is 59.7 Å². The van der Waals surface area contributed by atoms with Crippen LogP contribution in [0.1, 0.15) is 11.1 Å². The van der Waals surface area contributed by atoms with E-state index in [1.165, 1.54) is 48.5 Å². The normalized spacial score (nSPS) is 11.6. The molecule has 3 rings (SSSR count). The van der Waals surface area contributed by atoms with Crippen LogP contribution in [0.4, 0.5) is 11.4 Å². The van der Waals surface area contributed by atoms with Crippen LogP contribution in [0.15, 0.2) is 92.8 Å². The fraction of sp³-hybridized carbons (Fsp3) is 0. The Bertz CT molecular complexity index is 1240. The summed E-state index contributed by atoms with van der Waals surface area (Å²) < 4.78 is 65.4. The van der Waals surface area contributed by atoms with Crippen LogP contribution in [0.25, 0.3) is 0 Å². The summed E-state index contributed by atoms with van der Waals surface area (Å²) in [5.74, 6) is 0. The quantitative estimate of drug-likeness (QED) is 0.134. The van der Waals surface area contributed by atoms with E-state index in [0.717, 1.165) is 11.1 Å². The second kappa shape index (κ2) is 13.5. The molecule has 14 heteroatoms. The maximum Gasteiger partial charge on any atom is 1.00 e. The van der Waals surface area contributed by atoms with Crippen molar-refractivity contribution < 1.29 is 85.1 Å². The molecule has 3 aromatic carbocycles. The van der Waals surface area contributed by atoms with Crippen LogP contribution in [-0.2, 0) is 20.2 Å². The Hall–Kier alpha value is -1.58. The Morgan fingerprint density at radius 3 is 1.12 bits per heavy atom. The second-order valence-corrected chi connectivity index (χ2v) is 9.12. The monoisotopic (exact) mass is 518 g/mol. The Labute approximate surface area is 241 Å². The van der Waals surface area contributed by atoms with Gasteiger partial charge in [0.05, 0.1) is 33.6 Å². The first kappa shape index (κ1) is 30.5. The first-order chi connectivity index (χ1) is 15.1. The Morgan fingerprint density at radius 2 is 0.853 bits per heavy atom. The first-order valence-corrected chi connectivity index (χ1v) is 11.7. The van der Waals surface area contributed by atoms with Gasteiger partial charge < -0.3 is 9.11 Å². The van der Waals surface area contributed by atoms with Gasteiger partial charge in [0.15, 0.2) is 0 Å². The molecule has 0 saturated heterocycles. The standard InChI is InChI=1S/C20H18N4O6S2.2Na/c25-31(26,27)19-9-5-17(6-10-19)23-21-13-15-1-2-16(4-3-15)14-22-24-18-7-11-20(12-8-18)32(28,29)30;;/h1-14,23-24H,(H,25,26,27)(H,28,29,30);;/q;2*+1/p-2/b21-13+,22-14+;;. The Kier molecular flexibility index (Phi) is 12.1. The topological polar surface area (TPSA) is 163 Å². The molecule has 166 valence electrons. The molecule has 0 bridgehead atoms. The molecule has 0 spiro atoms. The van der Waals surface area contributed by atoms with Crippen LogP contribution in [-0.4, -0.2) is 38.4 Å². The molecule has 3 aromatic rings. The number of hydrazone groups is 2. The molecule has 0 fully saturated rings. The first-order valence-electron chi connectivity index (χ1n) is 8.91. The summed E-state index contributed by atoms with van der Waals surface area (Å²) in [5, 5.41) is 8.09. The molecule has 0 radical (unpaired) electrons. The maximum atomic E-state index is 10.9. The third-order valence-corrected chi connectivity index (χ3v) is 5.74. The minimum Gasteiger partial charge on any atom is -0.744 e. The van der Waals surface area contributed by atoms with E-state index in [1.807, 2.05) is 0 Å². The summed E-state index contributed by atoms with van der Waals surface area (Å²) in [5.41, 5.74) is 8.07. The number of benzene rings is 3. The molecule has 34 heavy (non-hydrogen) atoms. The van der Waals surface area contributed by atoms with Crippen molar-refractivity contribution in [3.05, 3.63) is 83.9 Å². The van der Waals surface area contributed by atoms with E-state index in [-0.39, 0.29) is 68.9 Å². The number of hydrogen-bond donors (Lipinski definition) is 2. The summed E-state index contributed by atoms with van der Waals surface area (Å²) >= 11 is 0. The van der Waals surface area contributed by atoms with E-state index < -0.39 is 20.2 Å². The van der Waals surface area contributed by atoms with Gasteiger partial charge >= 0.3 is 59.1 Å². The van der Waals surface area contributed by atoms with E-state index in [1.54, 1.807) is 36.7 Å². The van der Waals surface area contributed by atoms with E-state index in [2.05, 4.69) is 21.1 Å². The predicted octanol–water partition coefficient (Wildman–Crippen LogP) is -3.61. The van der Waals surface area contributed by atoms with Gasteiger partial charge in [0.1, 0.15) is 20.2 Å². The van der Waals surface area contributed by atoms with E-state index in [4.69, 9.17) is 0 Å². The molecular weight excluding hydrogens is 502 g/mol. The maximum absolute atomic E-state index is 10.9. The van der Waals surface area contributed by atoms with Crippen molar-refractivity contribution in [1.29, 1.82) is 0 Å². The van der Waals surface area contributed by atoms with Crippen LogP contribution in [0.2, 0.25) is 0 Å². The van der Waals surface area contributed by atoms with E-state index >= 15 is 0 Å². The van der Waals surface area contributed by atoms with Gasteiger partial charge in [0.2, 0.25) is 0 Å². The van der Waals surface area contributed by atoms with Crippen LogP contribution < -0.4 is 70.0 Å². The van der Waals surface area contributed by atoms with E-state index in [9.17, 15) is 25.9 Å².